The van der Waals surface area contributed by atoms with Gasteiger partial charge in [0.15, 0.2) is 0 Å². The van der Waals surface area contributed by atoms with Crippen molar-refractivity contribution in [2.75, 3.05) is 13.1 Å². The highest BCUT2D eigenvalue weighted by Crippen LogP contribution is 2.32. The zero-order valence-corrected chi connectivity index (χ0v) is 15.4. The number of aromatic nitrogens is 2. The monoisotopic (exact) mass is 361 g/mol. The highest BCUT2D eigenvalue weighted by molar-refractivity contribution is 5.79. The lowest BCUT2D eigenvalue weighted by Gasteiger charge is -2.37. The predicted octanol–water partition coefficient (Wildman–Crippen LogP) is 3.82. The van der Waals surface area contributed by atoms with Crippen LogP contribution >= 0.6 is 0 Å². The number of hydrogen-bond acceptors (Lipinski definition) is 4. The number of likely N-dealkylation sites (tertiary alicyclic amines) is 1. The van der Waals surface area contributed by atoms with E-state index in [2.05, 4.69) is 33.1 Å². The normalized spacial score (nSPS) is 19.1. The van der Waals surface area contributed by atoms with Crippen LogP contribution in [0.1, 0.15) is 35.7 Å². The van der Waals surface area contributed by atoms with Gasteiger partial charge in [-0.3, -0.25) is 19.7 Å². The van der Waals surface area contributed by atoms with Crippen molar-refractivity contribution in [2.24, 2.45) is 5.92 Å². The van der Waals surface area contributed by atoms with E-state index in [0.717, 1.165) is 47.1 Å². The molecule has 0 bridgehead atoms. The molecule has 4 rings (SSSR count). The number of piperidine rings is 1. The van der Waals surface area contributed by atoms with Gasteiger partial charge in [0, 0.05) is 24.3 Å². The van der Waals surface area contributed by atoms with Crippen molar-refractivity contribution in [2.45, 2.75) is 25.8 Å². The summed E-state index contributed by atoms with van der Waals surface area (Å²) in [5.41, 5.74) is 4.05. The van der Waals surface area contributed by atoms with E-state index >= 15 is 0 Å². The van der Waals surface area contributed by atoms with E-state index in [1.807, 2.05) is 43.6 Å². The van der Waals surface area contributed by atoms with E-state index in [0.29, 0.717) is 6.54 Å². The fraction of sp³-hybridized carbons (Fsp3) is 0.318. The highest BCUT2D eigenvalue weighted by atomic mass is 16.4. The van der Waals surface area contributed by atoms with Crippen LogP contribution in [0.3, 0.4) is 0 Å². The molecule has 138 valence electrons. The van der Waals surface area contributed by atoms with Gasteiger partial charge in [-0.2, -0.15) is 0 Å². The second-order valence-electron chi connectivity index (χ2n) is 7.30. The van der Waals surface area contributed by atoms with Gasteiger partial charge >= 0.3 is 5.97 Å². The molecule has 1 saturated heterocycles. The first kappa shape index (κ1) is 17.6. The lowest BCUT2D eigenvalue weighted by atomic mass is 9.93. The van der Waals surface area contributed by atoms with Crippen molar-refractivity contribution in [3.05, 3.63) is 71.7 Å². The van der Waals surface area contributed by atoms with Gasteiger partial charge in [0.1, 0.15) is 0 Å². The van der Waals surface area contributed by atoms with Crippen LogP contribution in [0.4, 0.5) is 0 Å². The number of para-hydroxylation sites is 1. The highest BCUT2D eigenvalue weighted by Gasteiger charge is 2.32. The van der Waals surface area contributed by atoms with Crippen LogP contribution in [0.5, 0.6) is 0 Å². The van der Waals surface area contributed by atoms with Crippen molar-refractivity contribution < 1.29 is 9.90 Å². The summed E-state index contributed by atoms with van der Waals surface area (Å²) in [5, 5.41) is 10.6. The Morgan fingerprint density at radius 3 is 2.81 bits per heavy atom. The van der Waals surface area contributed by atoms with E-state index in [1.165, 1.54) is 0 Å². The molecule has 0 aliphatic carbocycles. The van der Waals surface area contributed by atoms with E-state index in [9.17, 15) is 9.90 Å². The fourth-order valence-corrected chi connectivity index (χ4v) is 3.89. The minimum absolute atomic E-state index is 0.0927. The molecule has 1 aromatic carbocycles. The molecule has 5 nitrogen and oxygen atoms in total. The van der Waals surface area contributed by atoms with Crippen LogP contribution in [0.25, 0.3) is 10.9 Å². The van der Waals surface area contributed by atoms with Crippen molar-refractivity contribution in [3.8, 4) is 0 Å². The number of carboxylic acids is 1. The van der Waals surface area contributed by atoms with E-state index in [1.54, 1.807) is 0 Å². The molecule has 3 heterocycles. The SMILES string of the molecule is Cc1ccc(C(c2cnc3ccccc3c2)N2CCCC(C(=O)O)C2)nc1. The lowest BCUT2D eigenvalue weighted by Crippen LogP contribution is -2.41. The summed E-state index contributed by atoms with van der Waals surface area (Å²) in [7, 11) is 0. The molecule has 2 atom stereocenters. The third-order valence-corrected chi connectivity index (χ3v) is 5.31. The smallest absolute Gasteiger partial charge is 0.307 e. The zero-order chi connectivity index (χ0) is 18.8. The molecular formula is C22H23N3O2. The first-order valence-electron chi connectivity index (χ1n) is 9.36. The molecule has 0 radical (unpaired) electrons. The lowest BCUT2D eigenvalue weighted by molar-refractivity contribution is -0.143. The van der Waals surface area contributed by atoms with Gasteiger partial charge in [-0.25, -0.2) is 0 Å². The van der Waals surface area contributed by atoms with Crippen molar-refractivity contribution in [1.29, 1.82) is 0 Å². The second kappa shape index (κ2) is 7.45. The number of benzene rings is 1. The summed E-state index contributed by atoms with van der Waals surface area (Å²) in [6.45, 7) is 3.41. The van der Waals surface area contributed by atoms with E-state index < -0.39 is 5.97 Å². The van der Waals surface area contributed by atoms with Gasteiger partial charge in [-0.05, 0) is 55.6 Å². The van der Waals surface area contributed by atoms with Crippen LogP contribution in [0, 0.1) is 12.8 Å². The molecule has 3 aromatic rings. The first-order valence-corrected chi connectivity index (χ1v) is 9.36. The predicted molar refractivity (Wildman–Crippen MR) is 104 cm³/mol. The van der Waals surface area contributed by atoms with Gasteiger partial charge in [0.2, 0.25) is 0 Å². The van der Waals surface area contributed by atoms with Crippen molar-refractivity contribution in [3.63, 3.8) is 0 Å². The molecule has 1 aliphatic heterocycles. The summed E-state index contributed by atoms with van der Waals surface area (Å²) in [6.07, 6.45) is 5.38. The Bertz CT molecular complexity index is 955. The van der Waals surface area contributed by atoms with Gasteiger partial charge in [0.05, 0.1) is 23.2 Å². The molecule has 1 N–H and O–H groups in total. The summed E-state index contributed by atoms with van der Waals surface area (Å²) in [6, 6.07) is 14.2. The number of nitrogens with zero attached hydrogens (tertiary/aromatic N) is 3. The minimum Gasteiger partial charge on any atom is -0.481 e. The van der Waals surface area contributed by atoms with Gasteiger partial charge in [-0.15, -0.1) is 0 Å². The Kier molecular flexibility index (Phi) is 4.86. The topological polar surface area (TPSA) is 66.3 Å². The molecule has 0 spiro atoms. The maximum atomic E-state index is 11.6. The molecule has 2 unspecified atom stereocenters. The van der Waals surface area contributed by atoms with Crippen LogP contribution in [0.2, 0.25) is 0 Å². The molecule has 1 fully saturated rings. The number of fused-ring (bicyclic) bond motifs is 1. The van der Waals surface area contributed by atoms with E-state index in [4.69, 9.17) is 0 Å². The summed E-state index contributed by atoms with van der Waals surface area (Å²) < 4.78 is 0. The molecule has 2 aromatic heterocycles. The molecule has 27 heavy (non-hydrogen) atoms. The van der Waals surface area contributed by atoms with Gasteiger partial charge < -0.3 is 5.11 Å². The average molecular weight is 361 g/mol. The molecule has 0 amide bonds. The minimum atomic E-state index is -0.716. The Labute approximate surface area is 158 Å². The number of hydrogen-bond donors (Lipinski definition) is 1. The average Bonchev–Trinajstić information content (AvgIpc) is 2.70. The molecular weight excluding hydrogens is 338 g/mol. The maximum Gasteiger partial charge on any atom is 0.307 e. The standard InChI is InChI=1S/C22H23N3O2/c1-15-8-9-20(23-12-15)21(25-10-4-6-17(14-25)22(26)27)18-11-16-5-2-3-7-19(16)24-13-18/h2-3,5,7-9,11-13,17,21H,4,6,10,14H2,1H3,(H,26,27). The van der Waals surface area contributed by atoms with Gasteiger partial charge in [-0.1, -0.05) is 24.3 Å². The van der Waals surface area contributed by atoms with E-state index in [-0.39, 0.29) is 12.0 Å². The third kappa shape index (κ3) is 3.69. The molecule has 0 saturated carbocycles. The largest absolute Gasteiger partial charge is 0.481 e. The van der Waals surface area contributed by atoms with Crippen molar-refractivity contribution >= 4 is 16.9 Å². The van der Waals surface area contributed by atoms with Crippen LogP contribution in [-0.2, 0) is 4.79 Å². The number of aryl methyl sites for hydroxylation is 1. The zero-order valence-electron chi connectivity index (χ0n) is 15.4. The van der Waals surface area contributed by atoms with Crippen LogP contribution in [0.15, 0.2) is 54.9 Å². The Morgan fingerprint density at radius 2 is 2.04 bits per heavy atom. The molecule has 5 heteroatoms. The number of aliphatic carboxylic acids is 1. The maximum absolute atomic E-state index is 11.6. The van der Waals surface area contributed by atoms with Crippen LogP contribution in [-0.4, -0.2) is 39.0 Å². The quantitative estimate of drug-likeness (QED) is 0.765. The Balaban J connectivity index is 1.77. The fourth-order valence-electron chi connectivity index (χ4n) is 3.89. The second-order valence-corrected chi connectivity index (χ2v) is 7.30. The van der Waals surface area contributed by atoms with Crippen LogP contribution < -0.4 is 0 Å². The number of carboxylic acid groups (broad SMARTS) is 1. The summed E-state index contributed by atoms with van der Waals surface area (Å²) in [4.78, 5) is 23.1. The summed E-state index contributed by atoms with van der Waals surface area (Å²) >= 11 is 0. The molecule has 1 aliphatic rings. The summed E-state index contributed by atoms with van der Waals surface area (Å²) in [5.74, 6) is -1.05. The Hall–Kier alpha value is -2.79. The van der Waals surface area contributed by atoms with Gasteiger partial charge in [0.25, 0.3) is 0 Å². The number of carbonyl (C=O) groups is 1. The number of pyridine rings is 2. The van der Waals surface area contributed by atoms with Crippen molar-refractivity contribution in [1.82, 2.24) is 14.9 Å². The Morgan fingerprint density at radius 1 is 1.19 bits per heavy atom. The first-order chi connectivity index (χ1) is 13.1. The third-order valence-electron chi connectivity index (χ3n) is 5.31. The number of rotatable bonds is 4.